The van der Waals surface area contributed by atoms with E-state index in [9.17, 15) is 14.4 Å². The molecule has 2 saturated heterocycles. The monoisotopic (exact) mass is 743 g/mol. The van der Waals surface area contributed by atoms with Crippen molar-refractivity contribution in [2.24, 2.45) is 11.8 Å². The van der Waals surface area contributed by atoms with Crippen molar-refractivity contribution in [1.82, 2.24) is 35.1 Å². The summed E-state index contributed by atoms with van der Waals surface area (Å²) < 4.78 is 11.1. The van der Waals surface area contributed by atoms with Crippen LogP contribution in [0.5, 0.6) is 5.75 Å². The third kappa shape index (κ3) is 6.19. The molecule has 286 valence electrons. The lowest BCUT2D eigenvalue weighted by atomic mass is 9.92. The maximum Gasteiger partial charge on any atom is 0.407 e. The molecule has 5 aromatic rings. The fourth-order valence-electron chi connectivity index (χ4n) is 9.71. The van der Waals surface area contributed by atoms with E-state index in [2.05, 4.69) is 81.2 Å². The number of hydrogen-bond donors (Lipinski definition) is 3. The van der Waals surface area contributed by atoms with Crippen LogP contribution in [-0.4, -0.2) is 73.4 Å². The van der Waals surface area contributed by atoms with Crippen LogP contribution in [0.2, 0.25) is 0 Å². The third-order valence-corrected chi connectivity index (χ3v) is 12.8. The molecular weight excluding hydrogens is 695 g/mol. The van der Waals surface area contributed by atoms with Gasteiger partial charge in [0.15, 0.2) is 0 Å². The average molecular weight is 744 g/mol. The van der Waals surface area contributed by atoms with Crippen molar-refractivity contribution in [3.8, 4) is 28.1 Å². The maximum atomic E-state index is 13.7. The number of methoxy groups -OCH3 is 1. The number of ether oxygens (including phenoxy) is 2. The number of aromatic nitrogens is 4. The Morgan fingerprint density at radius 3 is 2.69 bits per heavy atom. The summed E-state index contributed by atoms with van der Waals surface area (Å²) in [5.74, 6) is 3.47. The summed E-state index contributed by atoms with van der Waals surface area (Å²) >= 11 is 0. The minimum atomic E-state index is -0.632. The van der Waals surface area contributed by atoms with Crippen molar-refractivity contribution in [3.63, 3.8) is 0 Å². The van der Waals surface area contributed by atoms with Gasteiger partial charge in [0.25, 0.3) is 0 Å². The van der Waals surface area contributed by atoms with Gasteiger partial charge < -0.3 is 34.6 Å². The summed E-state index contributed by atoms with van der Waals surface area (Å²) in [7, 11) is 1.28. The van der Waals surface area contributed by atoms with E-state index >= 15 is 0 Å². The predicted molar refractivity (Wildman–Crippen MR) is 209 cm³/mol. The molecule has 4 aliphatic rings. The Labute approximate surface area is 320 Å². The Morgan fingerprint density at radius 1 is 0.982 bits per heavy atom. The number of amides is 3. The van der Waals surface area contributed by atoms with Crippen molar-refractivity contribution < 1.29 is 23.9 Å². The molecule has 0 radical (unpaired) electrons. The fourth-order valence-corrected chi connectivity index (χ4v) is 9.71. The number of nitrogens with zero attached hydrogens (tertiary/aromatic N) is 4. The summed E-state index contributed by atoms with van der Waals surface area (Å²) in [6, 6.07) is 15.1. The van der Waals surface area contributed by atoms with E-state index in [1.165, 1.54) is 20.0 Å². The molecule has 5 heterocycles. The number of alkyl carbamates (subject to hydrolysis) is 1. The van der Waals surface area contributed by atoms with Crippen molar-refractivity contribution in [2.75, 3.05) is 13.7 Å². The molecule has 0 bridgehead atoms. The van der Waals surface area contributed by atoms with Crippen LogP contribution in [0.1, 0.15) is 101 Å². The van der Waals surface area contributed by atoms with E-state index < -0.39 is 6.09 Å². The van der Waals surface area contributed by atoms with Gasteiger partial charge in [-0.1, -0.05) is 44.9 Å². The summed E-state index contributed by atoms with van der Waals surface area (Å²) in [6.07, 6.45) is 8.86. The van der Waals surface area contributed by atoms with Gasteiger partial charge in [-0.25, -0.2) is 14.8 Å². The minimum Gasteiger partial charge on any atom is -0.488 e. The Bertz CT molecular complexity index is 2310. The normalized spacial score (nSPS) is 23.4. The molecule has 0 spiro atoms. The first kappa shape index (κ1) is 35.3. The van der Waals surface area contributed by atoms with Gasteiger partial charge in [-0.2, -0.15) is 0 Å². The minimum absolute atomic E-state index is 0.0197. The number of benzene rings is 3. The van der Waals surface area contributed by atoms with Crippen LogP contribution in [0.4, 0.5) is 4.79 Å². The molecule has 3 fully saturated rings. The Morgan fingerprint density at radius 2 is 1.85 bits per heavy atom. The van der Waals surface area contributed by atoms with Gasteiger partial charge in [-0.05, 0) is 97.2 Å². The van der Waals surface area contributed by atoms with Crippen LogP contribution in [-0.2, 0) is 20.9 Å². The second kappa shape index (κ2) is 14.0. The number of hydrogen-bond acceptors (Lipinski definition) is 7. The van der Waals surface area contributed by atoms with Crippen LogP contribution in [0, 0.1) is 11.8 Å². The molecular formula is C43H49N7O5. The average Bonchev–Trinajstić information content (AvgIpc) is 4.04. The number of fused-ring (bicyclic) bond motifs is 7. The van der Waals surface area contributed by atoms with E-state index in [1.807, 2.05) is 18.0 Å². The zero-order valence-corrected chi connectivity index (χ0v) is 32.0. The molecule has 3 aliphatic heterocycles. The van der Waals surface area contributed by atoms with E-state index in [0.717, 1.165) is 99.3 Å². The molecule has 1 aliphatic carbocycles. The highest BCUT2D eigenvalue weighted by atomic mass is 16.5. The number of likely N-dealkylation sites (tertiary alicyclic amines) is 2. The molecule has 3 aromatic carbocycles. The number of rotatable bonds is 8. The highest BCUT2D eigenvalue weighted by Crippen LogP contribution is 2.48. The molecule has 2 aromatic heterocycles. The van der Waals surface area contributed by atoms with Gasteiger partial charge in [-0.15, -0.1) is 0 Å². The standard InChI is InChI=1S/C43H49N7O5/c1-5-23(2)15-38(51)50-34-8-6-7-27(34)18-36(50)42-46-32-13-11-25-17-31-29-12-10-26(16-28(29)22-55-37(31)19-30(25)40(32)48-42)33-20-44-41(47-33)35-14-9-24(3)49(35)39(52)21-45-43(53)54-4/h10-13,16-17,19-20,23-24,27,34-36H,5-9,14-15,18,21-22H2,1-4H3,(H,44,47)(H,45,53)(H,46,48)/t23?,24-,27-,34-,35?,36-/m0/s1. The smallest absolute Gasteiger partial charge is 0.407 e. The number of carbonyl (C=O) groups is 3. The first-order chi connectivity index (χ1) is 26.7. The lowest BCUT2D eigenvalue weighted by Gasteiger charge is -2.30. The number of carbonyl (C=O) groups excluding carboxylic acids is 3. The molecule has 55 heavy (non-hydrogen) atoms. The maximum absolute atomic E-state index is 13.7. The molecule has 12 nitrogen and oxygen atoms in total. The molecule has 6 atom stereocenters. The third-order valence-electron chi connectivity index (χ3n) is 12.8. The number of nitrogens with one attached hydrogen (secondary N) is 3. The zero-order valence-electron chi connectivity index (χ0n) is 32.0. The first-order valence-electron chi connectivity index (χ1n) is 19.9. The van der Waals surface area contributed by atoms with E-state index in [4.69, 9.17) is 14.7 Å². The fraction of sp³-hybridized carbons (Fsp3) is 0.465. The van der Waals surface area contributed by atoms with Crippen molar-refractivity contribution in [1.29, 1.82) is 0 Å². The van der Waals surface area contributed by atoms with Crippen LogP contribution >= 0.6 is 0 Å². The topological polar surface area (TPSA) is 146 Å². The van der Waals surface area contributed by atoms with Gasteiger partial charge >= 0.3 is 6.09 Å². The highest BCUT2D eigenvalue weighted by molar-refractivity contribution is 6.07. The van der Waals surface area contributed by atoms with Crippen LogP contribution in [0.15, 0.2) is 48.7 Å². The lowest BCUT2D eigenvalue weighted by molar-refractivity contribution is -0.135. The van der Waals surface area contributed by atoms with Gasteiger partial charge in [0.05, 0.1) is 42.1 Å². The second-order valence-corrected chi connectivity index (χ2v) is 16.1. The van der Waals surface area contributed by atoms with Gasteiger partial charge in [0.1, 0.15) is 30.5 Å². The Kier molecular flexibility index (Phi) is 9.01. The predicted octanol–water partition coefficient (Wildman–Crippen LogP) is 7.95. The summed E-state index contributed by atoms with van der Waals surface area (Å²) in [6.45, 7) is 6.65. The summed E-state index contributed by atoms with van der Waals surface area (Å²) in [5.41, 5.74) is 6.99. The largest absolute Gasteiger partial charge is 0.488 e. The summed E-state index contributed by atoms with van der Waals surface area (Å²) in [5, 5.41) is 4.63. The number of H-pyrrole nitrogens is 2. The SMILES string of the molecule is CCC(C)CC(=O)N1[C@H](c2nc3c(ccc4cc5c(cc43)OCc3cc(-c4cnc(C6CC[C@H](C)N6C(=O)CNC(=O)OC)[nH]4)ccc3-5)[nH]2)C[C@@H]2CCC[C@@H]21. The molecule has 9 rings (SSSR count). The lowest BCUT2D eigenvalue weighted by Crippen LogP contribution is -2.43. The quantitative estimate of drug-likeness (QED) is 0.146. The first-order valence-corrected chi connectivity index (χ1v) is 19.9. The van der Waals surface area contributed by atoms with Crippen molar-refractivity contribution in [2.45, 2.75) is 103 Å². The highest BCUT2D eigenvalue weighted by Gasteiger charge is 2.47. The molecule has 3 N–H and O–H groups in total. The van der Waals surface area contributed by atoms with E-state index in [0.29, 0.717) is 30.9 Å². The van der Waals surface area contributed by atoms with Gasteiger partial charge in [0, 0.05) is 29.5 Å². The van der Waals surface area contributed by atoms with E-state index in [-0.39, 0.29) is 36.5 Å². The number of imidazole rings is 2. The van der Waals surface area contributed by atoms with Crippen LogP contribution < -0.4 is 10.1 Å². The van der Waals surface area contributed by atoms with E-state index in [1.54, 1.807) is 0 Å². The van der Waals surface area contributed by atoms with Gasteiger partial charge in [-0.3, -0.25) is 9.59 Å². The molecule has 1 saturated carbocycles. The molecule has 3 amide bonds. The van der Waals surface area contributed by atoms with Crippen LogP contribution in [0.3, 0.4) is 0 Å². The van der Waals surface area contributed by atoms with Crippen molar-refractivity contribution >= 4 is 39.7 Å². The second-order valence-electron chi connectivity index (χ2n) is 16.1. The number of aromatic amines is 2. The Balaban J connectivity index is 0.976. The van der Waals surface area contributed by atoms with Crippen LogP contribution in [0.25, 0.3) is 44.2 Å². The molecule has 2 unspecified atom stereocenters. The Hall–Kier alpha value is -5.39. The van der Waals surface area contributed by atoms with Gasteiger partial charge in [0.2, 0.25) is 11.8 Å². The molecule has 12 heteroatoms. The van der Waals surface area contributed by atoms with Crippen molar-refractivity contribution in [3.05, 3.63) is 65.9 Å². The summed E-state index contributed by atoms with van der Waals surface area (Å²) in [4.78, 5) is 59.4. The zero-order chi connectivity index (χ0) is 38.0.